The fraction of sp³-hybridized carbons (Fsp3) is 0.263. The number of carbonyl (C=O) groups is 2. The zero-order valence-corrected chi connectivity index (χ0v) is 17.0. The van der Waals surface area contributed by atoms with E-state index in [0.717, 1.165) is 11.8 Å². The van der Waals surface area contributed by atoms with Gasteiger partial charge in [-0.25, -0.2) is 0 Å². The lowest BCUT2D eigenvalue weighted by molar-refractivity contribution is -0.118. The van der Waals surface area contributed by atoms with Crippen LogP contribution in [0, 0.1) is 0 Å². The highest BCUT2D eigenvalue weighted by molar-refractivity contribution is 7.99. The quantitative estimate of drug-likeness (QED) is 0.429. The topological polar surface area (TPSA) is 125 Å². The Morgan fingerprint density at radius 2 is 2.03 bits per heavy atom. The number of benzene rings is 1. The van der Waals surface area contributed by atoms with E-state index in [1.54, 1.807) is 22.8 Å². The van der Waals surface area contributed by atoms with E-state index in [1.807, 2.05) is 0 Å². The summed E-state index contributed by atoms with van der Waals surface area (Å²) in [6.45, 7) is -2.70. The summed E-state index contributed by atoms with van der Waals surface area (Å²) in [7, 11) is 0. The van der Waals surface area contributed by atoms with Gasteiger partial charge in [0.05, 0.1) is 24.2 Å². The van der Waals surface area contributed by atoms with Crippen molar-refractivity contribution in [1.29, 1.82) is 0 Å². The van der Waals surface area contributed by atoms with Gasteiger partial charge in [-0.2, -0.15) is 8.78 Å². The Morgan fingerprint density at radius 1 is 1.23 bits per heavy atom. The molecule has 0 saturated carbocycles. The average Bonchev–Trinajstić information content (AvgIpc) is 3.36. The summed E-state index contributed by atoms with van der Waals surface area (Å²) in [6.07, 6.45) is 1.92. The lowest BCUT2D eigenvalue weighted by atomic mass is 10.3. The molecule has 164 valence electrons. The third-order valence-corrected chi connectivity index (χ3v) is 4.96. The fourth-order valence-corrected chi connectivity index (χ4v) is 3.40. The molecule has 3 aromatic rings. The van der Waals surface area contributed by atoms with Gasteiger partial charge in [0.2, 0.25) is 11.8 Å². The van der Waals surface area contributed by atoms with Crippen LogP contribution in [0.15, 0.2) is 52.2 Å². The smallest absolute Gasteiger partial charge is 0.387 e. The van der Waals surface area contributed by atoms with Gasteiger partial charge >= 0.3 is 6.61 Å². The molecule has 0 fully saturated rings. The summed E-state index contributed by atoms with van der Waals surface area (Å²) in [5, 5.41) is 11.2. The maximum Gasteiger partial charge on any atom is 0.387 e. The van der Waals surface area contributed by atoms with Crippen LogP contribution in [-0.4, -0.2) is 38.9 Å². The van der Waals surface area contributed by atoms with Crippen molar-refractivity contribution in [2.75, 3.05) is 11.1 Å². The molecule has 0 aliphatic carbocycles. The largest absolute Gasteiger partial charge is 0.467 e. The highest BCUT2D eigenvalue weighted by Gasteiger charge is 2.17. The second-order valence-corrected chi connectivity index (χ2v) is 7.18. The van der Waals surface area contributed by atoms with Gasteiger partial charge in [-0.3, -0.25) is 14.2 Å². The minimum Gasteiger partial charge on any atom is -0.467 e. The number of hydrogen-bond acceptors (Lipinski definition) is 7. The predicted molar refractivity (Wildman–Crippen MR) is 108 cm³/mol. The van der Waals surface area contributed by atoms with Crippen LogP contribution in [0.25, 0.3) is 0 Å². The highest BCUT2D eigenvalue weighted by Crippen LogP contribution is 2.26. The molecule has 9 nitrogen and oxygen atoms in total. The molecule has 0 spiro atoms. The lowest BCUT2D eigenvalue weighted by Gasteiger charge is -2.12. The van der Waals surface area contributed by atoms with Crippen molar-refractivity contribution in [3.05, 3.63) is 54.2 Å². The number of hydrogen-bond donors (Lipinski definition) is 2. The van der Waals surface area contributed by atoms with E-state index in [4.69, 9.17) is 10.2 Å². The molecule has 0 saturated heterocycles. The first-order valence-corrected chi connectivity index (χ1v) is 10.1. The molecule has 2 heterocycles. The van der Waals surface area contributed by atoms with Gasteiger partial charge in [0.1, 0.15) is 17.3 Å². The minimum atomic E-state index is -3.01. The predicted octanol–water partition coefficient (Wildman–Crippen LogP) is 2.67. The summed E-state index contributed by atoms with van der Waals surface area (Å²) >= 11 is 1.10. The Bertz CT molecular complexity index is 1030. The summed E-state index contributed by atoms with van der Waals surface area (Å²) < 4.78 is 36.6. The van der Waals surface area contributed by atoms with Crippen molar-refractivity contribution < 1.29 is 27.5 Å². The Balaban J connectivity index is 1.68. The van der Waals surface area contributed by atoms with Gasteiger partial charge in [-0.15, -0.1) is 10.2 Å². The number of aromatic nitrogens is 3. The summed E-state index contributed by atoms with van der Waals surface area (Å²) in [5.41, 5.74) is 5.35. The number of thioether (sulfide) groups is 1. The zero-order valence-electron chi connectivity index (χ0n) is 16.2. The third-order valence-electron chi connectivity index (χ3n) is 3.99. The standard InChI is InChI=1S/C19H19F2N5O4S/c20-18(21)30-14-6-2-1-5-13(14)23-17(28)11-31-19-25-24-16(8-7-15(22)27)26(19)10-12-4-3-9-29-12/h1-6,9,18H,7-8,10-11H2,(H2,22,27)(H,23,28). The van der Waals surface area contributed by atoms with E-state index < -0.39 is 18.4 Å². The summed E-state index contributed by atoms with van der Waals surface area (Å²) in [5.74, 6) is 0.0611. The van der Waals surface area contributed by atoms with Crippen LogP contribution in [0.3, 0.4) is 0 Å². The number of anilines is 1. The monoisotopic (exact) mass is 451 g/mol. The first-order chi connectivity index (χ1) is 14.9. The van der Waals surface area contributed by atoms with Gasteiger partial charge in [0, 0.05) is 12.8 Å². The third kappa shape index (κ3) is 6.54. The Labute approximate surface area is 180 Å². The average molecular weight is 451 g/mol. The molecule has 0 bridgehead atoms. The van der Waals surface area contributed by atoms with E-state index in [-0.39, 0.29) is 30.0 Å². The van der Waals surface area contributed by atoms with Crippen molar-refractivity contribution in [3.63, 3.8) is 0 Å². The first-order valence-electron chi connectivity index (χ1n) is 9.11. The molecule has 1 aromatic carbocycles. The highest BCUT2D eigenvalue weighted by atomic mass is 32.2. The number of para-hydroxylation sites is 2. The number of furan rings is 1. The molecule has 12 heteroatoms. The summed E-state index contributed by atoms with van der Waals surface area (Å²) in [4.78, 5) is 23.5. The molecule has 3 N–H and O–H groups in total. The number of amides is 2. The van der Waals surface area contributed by atoms with Crippen LogP contribution in [0.1, 0.15) is 18.0 Å². The number of carbonyl (C=O) groups excluding carboxylic acids is 2. The number of aryl methyl sites for hydroxylation is 1. The van der Waals surface area contributed by atoms with Crippen LogP contribution < -0.4 is 15.8 Å². The molecule has 0 atom stereocenters. The molecule has 0 radical (unpaired) electrons. The van der Waals surface area contributed by atoms with E-state index in [2.05, 4.69) is 20.3 Å². The number of rotatable bonds is 11. The maximum absolute atomic E-state index is 12.5. The SMILES string of the molecule is NC(=O)CCc1nnc(SCC(=O)Nc2ccccc2OC(F)F)n1Cc1ccco1. The number of nitrogens with two attached hydrogens (primary N) is 1. The Morgan fingerprint density at radius 3 is 2.74 bits per heavy atom. The second-order valence-electron chi connectivity index (χ2n) is 6.24. The molecular formula is C19H19F2N5O4S. The number of halogens is 2. The van der Waals surface area contributed by atoms with Crippen molar-refractivity contribution in [1.82, 2.24) is 14.8 Å². The van der Waals surface area contributed by atoms with E-state index in [9.17, 15) is 18.4 Å². The van der Waals surface area contributed by atoms with Crippen molar-refractivity contribution in [2.24, 2.45) is 5.73 Å². The van der Waals surface area contributed by atoms with E-state index in [1.165, 1.54) is 24.5 Å². The molecule has 0 unspecified atom stereocenters. The van der Waals surface area contributed by atoms with Gasteiger partial charge in [0.15, 0.2) is 5.16 Å². The first kappa shape index (κ1) is 22.3. The number of nitrogens with zero attached hydrogens (tertiary/aromatic N) is 3. The molecular weight excluding hydrogens is 432 g/mol. The Kier molecular flexibility index (Phi) is 7.60. The second kappa shape index (κ2) is 10.6. The van der Waals surface area contributed by atoms with Crippen LogP contribution >= 0.6 is 11.8 Å². The van der Waals surface area contributed by atoms with Gasteiger partial charge in [-0.1, -0.05) is 23.9 Å². The van der Waals surface area contributed by atoms with Crippen LogP contribution in [0.4, 0.5) is 14.5 Å². The van der Waals surface area contributed by atoms with Crippen molar-refractivity contribution >= 4 is 29.3 Å². The zero-order chi connectivity index (χ0) is 22.2. The van der Waals surface area contributed by atoms with Gasteiger partial charge < -0.3 is 20.2 Å². The molecule has 31 heavy (non-hydrogen) atoms. The molecule has 2 amide bonds. The number of ether oxygens (including phenoxy) is 1. The van der Waals surface area contributed by atoms with Crippen molar-refractivity contribution in [2.45, 2.75) is 31.2 Å². The fourth-order valence-electron chi connectivity index (χ4n) is 2.65. The number of nitrogens with one attached hydrogen (secondary N) is 1. The molecule has 0 aliphatic rings. The van der Waals surface area contributed by atoms with Crippen LogP contribution in [0.5, 0.6) is 5.75 Å². The van der Waals surface area contributed by atoms with Crippen LogP contribution in [-0.2, 0) is 22.6 Å². The minimum absolute atomic E-state index is 0.0604. The molecule has 2 aromatic heterocycles. The maximum atomic E-state index is 12.5. The van der Waals surface area contributed by atoms with Crippen molar-refractivity contribution in [3.8, 4) is 5.75 Å². The molecule has 0 aliphatic heterocycles. The number of primary amides is 1. The lowest BCUT2D eigenvalue weighted by Crippen LogP contribution is -2.16. The van der Waals surface area contributed by atoms with E-state index >= 15 is 0 Å². The van der Waals surface area contributed by atoms with E-state index in [0.29, 0.717) is 23.3 Å². The summed E-state index contributed by atoms with van der Waals surface area (Å²) in [6, 6.07) is 9.42. The Hall–Kier alpha value is -3.41. The number of alkyl halides is 2. The molecule has 3 rings (SSSR count). The van der Waals surface area contributed by atoms with Gasteiger partial charge in [-0.05, 0) is 24.3 Å². The normalized spacial score (nSPS) is 10.9. The van der Waals surface area contributed by atoms with Crippen LogP contribution in [0.2, 0.25) is 0 Å². The van der Waals surface area contributed by atoms with Gasteiger partial charge in [0.25, 0.3) is 0 Å².